The molecule has 0 spiro atoms. The molecule has 0 aliphatic rings. The van der Waals surface area contributed by atoms with E-state index < -0.39 is 33.6 Å². The zero-order valence-corrected chi connectivity index (χ0v) is 19.9. The van der Waals surface area contributed by atoms with E-state index in [0.717, 1.165) is 12.1 Å². The van der Waals surface area contributed by atoms with E-state index in [9.17, 15) is 26.4 Å². The number of alkyl halides is 3. The van der Waals surface area contributed by atoms with E-state index in [1.54, 1.807) is 0 Å². The predicted octanol–water partition coefficient (Wildman–Crippen LogP) is 3.63. The quantitative estimate of drug-likeness (QED) is 0.475. The number of hydrogen-bond donors (Lipinski definition) is 2. The molecule has 3 aromatic rings. The number of halogens is 3. The number of sulfonamides is 1. The molecule has 13 heteroatoms. The van der Waals surface area contributed by atoms with Crippen molar-refractivity contribution in [1.82, 2.24) is 20.1 Å². The number of carbonyl (C=O) groups excluding carboxylic acids is 1. The van der Waals surface area contributed by atoms with Crippen molar-refractivity contribution < 1.29 is 31.1 Å². The van der Waals surface area contributed by atoms with Crippen LogP contribution in [0.1, 0.15) is 41.0 Å². The molecule has 0 atom stereocenters. The molecule has 0 bridgehead atoms. The van der Waals surface area contributed by atoms with E-state index in [1.165, 1.54) is 42.1 Å². The second kappa shape index (κ2) is 10.0. The summed E-state index contributed by atoms with van der Waals surface area (Å²) in [5, 5.41) is 12.0. The first kappa shape index (κ1) is 26.2. The molecule has 35 heavy (non-hydrogen) atoms. The SMILES string of the molecule is Cc1c(C(=O)NCc2ccc(S(N)(=O)=O)cc2)nn(CC(C)C)c1Oc1ncccc1C(F)(F)F. The first-order chi connectivity index (χ1) is 16.3. The highest BCUT2D eigenvalue weighted by molar-refractivity contribution is 7.89. The largest absolute Gasteiger partial charge is 0.421 e. The Hall–Kier alpha value is -3.45. The van der Waals surface area contributed by atoms with Gasteiger partial charge in [0.2, 0.25) is 21.8 Å². The molecule has 3 N–H and O–H groups in total. The van der Waals surface area contributed by atoms with Crippen LogP contribution in [0.4, 0.5) is 13.2 Å². The van der Waals surface area contributed by atoms with Gasteiger partial charge in [-0.2, -0.15) is 18.3 Å². The molecule has 0 saturated heterocycles. The van der Waals surface area contributed by atoms with Gasteiger partial charge in [-0.05, 0) is 42.7 Å². The zero-order chi connectivity index (χ0) is 26.0. The summed E-state index contributed by atoms with van der Waals surface area (Å²) in [6.45, 7) is 5.62. The van der Waals surface area contributed by atoms with Gasteiger partial charge in [-0.3, -0.25) is 4.79 Å². The summed E-state index contributed by atoms with van der Waals surface area (Å²) in [5.74, 6) is -1.20. The van der Waals surface area contributed by atoms with Gasteiger partial charge in [0.15, 0.2) is 5.69 Å². The Balaban J connectivity index is 1.87. The van der Waals surface area contributed by atoms with Crippen molar-refractivity contribution in [2.24, 2.45) is 11.1 Å². The Labute approximate surface area is 200 Å². The summed E-state index contributed by atoms with van der Waals surface area (Å²) < 4.78 is 69.8. The minimum atomic E-state index is -4.68. The van der Waals surface area contributed by atoms with Crippen molar-refractivity contribution in [2.75, 3.05) is 0 Å². The average molecular weight is 512 g/mol. The Morgan fingerprint density at radius 2 is 1.86 bits per heavy atom. The Bertz CT molecular complexity index is 1320. The monoisotopic (exact) mass is 511 g/mol. The van der Waals surface area contributed by atoms with Gasteiger partial charge in [0, 0.05) is 24.8 Å². The van der Waals surface area contributed by atoms with Crippen LogP contribution in [0.3, 0.4) is 0 Å². The summed E-state index contributed by atoms with van der Waals surface area (Å²) in [6, 6.07) is 7.64. The van der Waals surface area contributed by atoms with Crippen LogP contribution >= 0.6 is 0 Å². The molecule has 0 aliphatic carbocycles. The first-order valence-corrected chi connectivity index (χ1v) is 12.0. The highest BCUT2D eigenvalue weighted by Crippen LogP contribution is 2.37. The van der Waals surface area contributed by atoms with Gasteiger partial charge >= 0.3 is 6.18 Å². The third-order valence-corrected chi connectivity index (χ3v) is 5.79. The number of hydrogen-bond acceptors (Lipinski definition) is 6. The number of rotatable bonds is 8. The molecule has 2 aromatic heterocycles. The molecule has 2 heterocycles. The van der Waals surface area contributed by atoms with Crippen LogP contribution in [0.15, 0.2) is 47.5 Å². The summed E-state index contributed by atoms with van der Waals surface area (Å²) in [7, 11) is -3.84. The standard InChI is InChI=1S/C22H24F3N5O4S/c1-13(2)12-30-21(34-20-17(22(23,24)25)5-4-10-27-20)14(3)18(29-30)19(31)28-11-15-6-8-16(9-7-15)35(26,32)33/h4-10,13H,11-12H2,1-3H3,(H,28,31)(H2,26,32,33). The molecular formula is C22H24F3N5O4S. The molecule has 3 rings (SSSR count). The van der Waals surface area contributed by atoms with Crippen molar-refractivity contribution in [2.45, 2.75) is 44.9 Å². The fourth-order valence-corrected chi connectivity index (χ4v) is 3.71. The van der Waals surface area contributed by atoms with Crippen LogP contribution < -0.4 is 15.2 Å². The zero-order valence-electron chi connectivity index (χ0n) is 19.1. The van der Waals surface area contributed by atoms with E-state index in [-0.39, 0.29) is 41.0 Å². The van der Waals surface area contributed by atoms with Crippen LogP contribution in [0.2, 0.25) is 0 Å². The lowest BCUT2D eigenvalue weighted by Crippen LogP contribution is -2.24. The van der Waals surface area contributed by atoms with Crippen molar-refractivity contribution in [3.63, 3.8) is 0 Å². The number of benzene rings is 1. The maximum atomic E-state index is 13.4. The van der Waals surface area contributed by atoms with Gasteiger partial charge in [0.1, 0.15) is 5.56 Å². The third kappa shape index (κ3) is 6.36. The molecule has 9 nitrogen and oxygen atoms in total. The first-order valence-electron chi connectivity index (χ1n) is 10.4. The van der Waals surface area contributed by atoms with Crippen LogP contribution in [-0.2, 0) is 29.3 Å². The minimum Gasteiger partial charge on any atom is -0.420 e. The number of nitrogens with one attached hydrogen (secondary N) is 1. The smallest absolute Gasteiger partial charge is 0.420 e. The lowest BCUT2D eigenvalue weighted by Gasteiger charge is -2.14. The van der Waals surface area contributed by atoms with Gasteiger partial charge in [0.05, 0.1) is 4.90 Å². The molecule has 0 fully saturated rings. The number of aromatic nitrogens is 3. The lowest BCUT2D eigenvalue weighted by atomic mass is 10.2. The number of nitrogens with two attached hydrogens (primary N) is 1. The summed E-state index contributed by atoms with van der Waals surface area (Å²) in [6.07, 6.45) is -3.50. The highest BCUT2D eigenvalue weighted by Gasteiger charge is 2.36. The van der Waals surface area contributed by atoms with E-state index >= 15 is 0 Å². The predicted molar refractivity (Wildman–Crippen MR) is 120 cm³/mol. The van der Waals surface area contributed by atoms with Crippen LogP contribution in [0.25, 0.3) is 0 Å². The summed E-state index contributed by atoms with van der Waals surface area (Å²) in [4.78, 5) is 16.5. The Morgan fingerprint density at radius 1 is 1.20 bits per heavy atom. The van der Waals surface area contributed by atoms with E-state index in [2.05, 4.69) is 15.4 Å². The number of primary sulfonamides is 1. The Morgan fingerprint density at radius 3 is 2.43 bits per heavy atom. The average Bonchev–Trinajstić information content (AvgIpc) is 3.06. The second-order valence-electron chi connectivity index (χ2n) is 8.18. The number of carbonyl (C=O) groups is 1. The van der Waals surface area contributed by atoms with E-state index in [4.69, 9.17) is 9.88 Å². The van der Waals surface area contributed by atoms with Crippen LogP contribution in [-0.4, -0.2) is 29.1 Å². The Kier molecular flexibility index (Phi) is 7.50. The van der Waals surface area contributed by atoms with Gasteiger partial charge in [-0.25, -0.2) is 23.2 Å². The minimum absolute atomic E-state index is 0.0219. The number of amides is 1. The molecule has 0 aliphatic heterocycles. The topological polar surface area (TPSA) is 129 Å². The van der Waals surface area contributed by atoms with E-state index in [0.29, 0.717) is 5.56 Å². The number of pyridine rings is 1. The van der Waals surface area contributed by atoms with Gasteiger partial charge < -0.3 is 10.1 Å². The van der Waals surface area contributed by atoms with Gasteiger partial charge in [-0.1, -0.05) is 26.0 Å². The van der Waals surface area contributed by atoms with Crippen molar-refractivity contribution in [3.8, 4) is 11.8 Å². The third-order valence-electron chi connectivity index (χ3n) is 4.86. The molecule has 0 unspecified atom stereocenters. The van der Waals surface area contributed by atoms with Crippen LogP contribution in [0.5, 0.6) is 11.8 Å². The van der Waals surface area contributed by atoms with Gasteiger partial charge in [0.25, 0.3) is 5.91 Å². The summed E-state index contributed by atoms with van der Waals surface area (Å²) >= 11 is 0. The molecular weight excluding hydrogens is 487 g/mol. The van der Waals surface area contributed by atoms with Crippen molar-refractivity contribution in [3.05, 3.63) is 65.0 Å². The van der Waals surface area contributed by atoms with E-state index in [1.807, 2.05) is 13.8 Å². The van der Waals surface area contributed by atoms with Gasteiger partial charge in [-0.15, -0.1) is 0 Å². The summed E-state index contributed by atoms with van der Waals surface area (Å²) in [5.41, 5.74) is -0.228. The maximum Gasteiger partial charge on any atom is 0.421 e. The van der Waals surface area contributed by atoms with Crippen molar-refractivity contribution >= 4 is 15.9 Å². The molecule has 1 aromatic carbocycles. The maximum absolute atomic E-state index is 13.4. The number of ether oxygens (including phenoxy) is 1. The lowest BCUT2D eigenvalue weighted by molar-refractivity contribution is -0.138. The molecule has 0 radical (unpaired) electrons. The fraction of sp³-hybridized carbons (Fsp3) is 0.318. The fourth-order valence-electron chi connectivity index (χ4n) is 3.19. The molecule has 1 amide bonds. The number of nitrogens with zero attached hydrogens (tertiary/aromatic N) is 3. The normalized spacial score (nSPS) is 12.1. The second-order valence-corrected chi connectivity index (χ2v) is 9.74. The highest BCUT2D eigenvalue weighted by atomic mass is 32.2. The molecule has 0 saturated carbocycles. The van der Waals surface area contributed by atoms with Crippen LogP contribution in [0, 0.1) is 12.8 Å². The molecule has 188 valence electrons. The van der Waals surface area contributed by atoms with Crippen molar-refractivity contribution in [1.29, 1.82) is 0 Å².